The SMILES string of the molecule is CC(C)CNC(=O)C(C)N(Cc1cccc(Br)c1)C(=O)CN1C(=O)c2ccccc2S1(=O)=O. The van der Waals surface area contributed by atoms with Crippen LogP contribution in [0.1, 0.15) is 36.7 Å². The highest BCUT2D eigenvalue weighted by atomic mass is 79.9. The van der Waals surface area contributed by atoms with Gasteiger partial charge in [0.2, 0.25) is 11.8 Å². The van der Waals surface area contributed by atoms with E-state index < -0.39 is 34.4 Å². The molecule has 0 fully saturated rings. The molecule has 0 saturated carbocycles. The van der Waals surface area contributed by atoms with Crippen molar-refractivity contribution in [3.8, 4) is 0 Å². The number of carbonyl (C=O) groups excluding carboxylic acids is 3. The highest BCUT2D eigenvalue weighted by Crippen LogP contribution is 2.30. The highest BCUT2D eigenvalue weighted by Gasteiger charge is 2.43. The summed E-state index contributed by atoms with van der Waals surface area (Å²) in [6.07, 6.45) is 0. The van der Waals surface area contributed by atoms with Crippen LogP contribution in [-0.2, 0) is 26.2 Å². The molecule has 3 rings (SSSR count). The third kappa shape index (κ3) is 5.44. The maximum absolute atomic E-state index is 13.3. The molecule has 1 heterocycles. The monoisotopic (exact) mass is 535 g/mol. The number of fused-ring (bicyclic) bond motifs is 1. The summed E-state index contributed by atoms with van der Waals surface area (Å²) in [4.78, 5) is 40.0. The fourth-order valence-corrected chi connectivity index (χ4v) is 5.43. The molecule has 176 valence electrons. The van der Waals surface area contributed by atoms with Gasteiger partial charge in [-0.2, -0.15) is 0 Å². The Hall–Kier alpha value is -2.72. The summed E-state index contributed by atoms with van der Waals surface area (Å²) in [6, 6.07) is 12.2. The highest BCUT2D eigenvalue weighted by molar-refractivity contribution is 9.10. The molecule has 1 aliphatic rings. The molecule has 0 aliphatic carbocycles. The summed E-state index contributed by atoms with van der Waals surface area (Å²) in [7, 11) is -4.14. The lowest BCUT2D eigenvalue weighted by Crippen LogP contribution is -2.51. The van der Waals surface area contributed by atoms with Crippen LogP contribution in [0.2, 0.25) is 0 Å². The van der Waals surface area contributed by atoms with Crippen LogP contribution in [0.15, 0.2) is 57.9 Å². The van der Waals surface area contributed by atoms with Crippen molar-refractivity contribution >= 4 is 43.7 Å². The topological polar surface area (TPSA) is 104 Å². The van der Waals surface area contributed by atoms with Gasteiger partial charge in [0.25, 0.3) is 15.9 Å². The molecule has 2 aromatic carbocycles. The molecule has 8 nitrogen and oxygen atoms in total. The first-order valence-corrected chi connectivity index (χ1v) is 12.7. The second-order valence-electron chi connectivity index (χ2n) is 8.28. The lowest BCUT2D eigenvalue weighted by atomic mass is 10.1. The first kappa shape index (κ1) is 24.9. The minimum Gasteiger partial charge on any atom is -0.354 e. The van der Waals surface area contributed by atoms with Crippen LogP contribution in [0.25, 0.3) is 0 Å². The number of rotatable bonds is 8. The zero-order valence-electron chi connectivity index (χ0n) is 18.6. The van der Waals surface area contributed by atoms with E-state index in [1.165, 1.54) is 23.1 Å². The van der Waals surface area contributed by atoms with Gasteiger partial charge in [-0.25, -0.2) is 12.7 Å². The number of sulfonamides is 1. The van der Waals surface area contributed by atoms with Gasteiger partial charge in [0.15, 0.2) is 0 Å². The average molecular weight is 536 g/mol. The summed E-state index contributed by atoms with van der Waals surface area (Å²) in [6.45, 7) is 5.32. The van der Waals surface area contributed by atoms with E-state index in [0.717, 1.165) is 10.0 Å². The molecular weight excluding hydrogens is 510 g/mol. The largest absolute Gasteiger partial charge is 0.354 e. The first-order valence-electron chi connectivity index (χ1n) is 10.5. The van der Waals surface area contributed by atoms with E-state index in [2.05, 4.69) is 21.2 Å². The molecule has 0 bridgehead atoms. The minimum absolute atomic E-state index is 0.0339. The Morgan fingerprint density at radius 3 is 2.42 bits per heavy atom. The molecule has 1 N–H and O–H groups in total. The maximum Gasteiger partial charge on any atom is 0.269 e. The van der Waals surface area contributed by atoms with Crippen LogP contribution in [0.4, 0.5) is 0 Å². The van der Waals surface area contributed by atoms with E-state index in [4.69, 9.17) is 0 Å². The van der Waals surface area contributed by atoms with Crippen molar-refractivity contribution in [2.24, 2.45) is 5.92 Å². The first-order chi connectivity index (χ1) is 15.5. The van der Waals surface area contributed by atoms with Gasteiger partial charge in [-0.15, -0.1) is 0 Å². The minimum atomic E-state index is -4.14. The van der Waals surface area contributed by atoms with E-state index in [1.807, 2.05) is 26.0 Å². The quantitative estimate of drug-likeness (QED) is 0.559. The Morgan fingerprint density at radius 1 is 1.09 bits per heavy atom. The number of hydrogen-bond donors (Lipinski definition) is 1. The lowest BCUT2D eigenvalue weighted by Gasteiger charge is -2.30. The Morgan fingerprint density at radius 2 is 1.79 bits per heavy atom. The number of benzene rings is 2. The zero-order chi connectivity index (χ0) is 24.3. The predicted molar refractivity (Wildman–Crippen MR) is 127 cm³/mol. The fraction of sp³-hybridized carbons (Fsp3) is 0.348. The molecule has 0 radical (unpaired) electrons. The second-order valence-corrected chi connectivity index (χ2v) is 11.0. The summed E-state index contributed by atoms with van der Waals surface area (Å²) in [5.74, 6) is -1.53. The fourth-order valence-electron chi connectivity index (χ4n) is 3.47. The van der Waals surface area contributed by atoms with Crippen LogP contribution in [0.5, 0.6) is 0 Å². The molecule has 1 atom stereocenters. The van der Waals surface area contributed by atoms with Gasteiger partial charge in [-0.3, -0.25) is 14.4 Å². The molecule has 33 heavy (non-hydrogen) atoms. The van der Waals surface area contributed by atoms with Crippen molar-refractivity contribution in [1.29, 1.82) is 0 Å². The van der Waals surface area contributed by atoms with Gasteiger partial charge < -0.3 is 10.2 Å². The second kappa shape index (κ2) is 10.0. The molecule has 1 aliphatic heterocycles. The van der Waals surface area contributed by atoms with Crippen molar-refractivity contribution in [1.82, 2.24) is 14.5 Å². The Kier molecular flexibility index (Phi) is 7.58. The van der Waals surface area contributed by atoms with Crippen molar-refractivity contribution < 1.29 is 22.8 Å². The van der Waals surface area contributed by atoms with E-state index in [0.29, 0.717) is 10.8 Å². The number of halogens is 1. The molecule has 0 aromatic heterocycles. The zero-order valence-corrected chi connectivity index (χ0v) is 21.0. The van der Waals surface area contributed by atoms with E-state index in [9.17, 15) is 22.8 Å². The van der Waals surface area contributed by atoms with Crippen LogP contribution in [0.3, 0.4) is 0 Å². The van der Waals surface area contributed by atoms with E-state index in [1.54, 1.807) is 25.1 Å². The van der Waals surface area contributed by atoms with Crippen LogP contribution < -0.4 is 5.32 Å². The van der Waals surface area contributed by atoms with Gasteiger partial charge in [-0.1, -0.05) is 54.0 Å². The van der Waals surface area contributed by atoms with Gasteiger partial charge in [-0.05, 0) is 42.7 Å². The van der Waals surface area contributed by atoms with E-state index >= 15 is 0 Å². The summed E-state index contributed by atoms with van der Waals surface area (Å²) in [5, 5.41) is 2.81. The molecule has 10 heteroatoms. The van der Waals surface area contributed by atoms with E-state index in [-0.39, 0.29) is 28.8 Å². The van der Waals surface area contributed by atoms with Crippen LogP contribution in [0, 0.1) is 5.92 Å². The third-order valence-corrected chi connectivity index (χ3v) is 7.56. The van der Waals surface area contributed by atoms with Crippen molar-refractivity contribution in [3.05, 3.63) is 64.1 Å². The molecule has 2 aromatic rings. The van der Waals surface area contributed by atoms with Crippen molar-refractivity contribution in [3.63, 3.8) is 0 Å². The van der Waals surface area contributed by atoms with Gasteiger partial charge >= 0.3 is 0 Å². The Bertz CT molecular complexity index is 1180. The molecule has 0 spiro atoms. The van der Waals surface area contributed by atoms with Gasteiger partial charge in [0, 0.05) is 17.6 Å². The predicted octanol–water partition coefficient (Wildman–Crippen LogP) is 2.78. The number of nitrogens with one attached hydrogen (secondary N) is 1. The number of nitrogens with zero attached hydrogens (tertiary/aromatic N) is 2. The third-order valence-electron chi connectivity index (χ3n) is 5.28. The maximum atomic E-state index is 13.3. The van der Waals surface area contributed by atoms with Crippen LogP contribution >= 0.6 is 15.9 Å². The van der Waals surface area contributed by atoms with Crippen LogP contribution in [-0.4, -0.2) is 54.5 Å². The van der Waals surface area contributed by atoms with Crippen molar-refractivity contribution in [2.45, 2.75) is 38.3 Å². The number of carbonyl (C=O) groups is 3. The Labute approximate surface area is 202 Å². The lowest BCUT2D eigenvalue weighted by molar-refractivity contribution is -0.140. The Balaban J connectivity index is 1.87. The summed E-state index contributed by atoms with van der Waals surface area (Å²) >= 11 is 3.39. The smallest absolute Gasteiger partial charge is 0.269 e. The normalized spacial score (nSPS) is 15.3. The number of amides is 3. The number of hydrogen-bond acceptors (Lipinski definition) is 5. The summed E-state index contributed by atoms with van der Waals surface area (Å²) < 4.78 is 27.2. The van der Waals surface area contributed by atoms with Crippen molar-refractivity contribution in [2.75, 3.05) is 13.1 Å². The average Bonchev–Trinajstić information content (AvgIpc) is 2.96. The summed E-state index contributed by atoms with van der Waals surface area (Å²) in [5.41, 5.74) is 0.784. The molecule has 3 amide bonds. The molecule has 1 unspecified atom stereocenters. The van der Waals surface area contributed by atoms with Gasteiger partial charge in [0.1, 0.15) is 17.5 Å². The van der Waals surface area contributed by atoms with Gasteiger partial charge in [0.05, 0.1) is 5.56 Å². The molecular formula is C23H26BrN3O5S. The molecule has 0 saturated heterocycles. The standard InChI is InChI=1S/C23H26BrN3O5S/c1-15(2)12-25-22(29)16(3)26(13-17-7-6-8-18(24)11-17)21(28)14-27-23(30)19-9-4-5-10-20(19)33(27,31)32/h4-11,15-16H,12-14H2,1-3H3,(H,25,29).